The standard InChI is InChI=1S/C12H15F2N5/c1-3-4-15-8(2)12-16-17-18-19(12)11-6-9(13)5-10(14)7-11/h5-8,15H,3-4H2,1-2H3. The van der Waals surface area contributed by atoms with Crippen molar-refractivity contribution in [2.45, 2.75) is 26.3 Å². The highest BCUT2D eigenvalue weighted by Gasteiger charge is 2.16. The molecule has 0 aliphatic rings. The third-order valence-electron chi connectivity index (χ3n) is 2.67. The van der Waals surface area contributed by atoms with E-state index >= 15 is 0 Å². The summed E-state index contributed by atoms with van der Waals surface area (Å²) < 4.78 is 27.8. The smallest absolute Gasteiger partial charge is 0.173 e. The Hall–Kier alpha value is -1.89. The lowest BCUT2D eigenvalue weighted by molar-refractivity contribution is 0.528. The van der Waals surface area contributed by atoms with Crippen LogP contribution in [-0.4, -0.2) is 26.8 Å². The van der Waals surface area contributed by atoms with E-state index in [1.165, 1.54) is 16.8 Å². The summed E-state index contributed by atoms with van der Waals surface area (Å²) in [5.74, 6) is -0.810. The number of hydrogen-bond acceptors (Lipinski definition) is 4. The Bertz CT molecular complexity index is 535. The molecule has 1 N–H and O–H groups in total. The van der Waals surface area contributed by atoms with E-state index in [1.807, 2.05) is 13.8 Å². The zero-order valence-electron chi connectivity index (χ0n) is 10.8. The van der Waals surface area contributed by atoms with Gasteiger partial charge in [0, 0.05) is 6.07 Å². The topological polar surface area (TPSA) is 55.6 Å². The molecular formula is C12H15F2N5. The molecule has 0 spiro atoms. The fraction of sp³-hybridized carbons (Fsp3) is 0.417. The van der Waals surface area contributed by atoms with Crippen LogP contribution in [0.1, 0.15) is 32.1 Å². The maximum absolute atomic E-state index is 13.2. The van der Waals surface area contributed by atoms with Crippen molar-refractivity contribution >= 4 is 0 Å². The largest absolute Gasteiger partial charge is 0.307 e. The highest BCUT2D eigenvalue weighted by molar-refractivity contribution is 5.32. The van der Waals surface area contributed by atoms with E-state index in [1.54, 1.807) is 0 Å². The Morgan fingerprint density at radius 1 is 1.26 bits per heavy atom. The van der Waals surface area contributed by atoms with Crippen LogP contribution >= 0.6 is 0 Å². The van der Waals surface area contributed by atoms with Crippen LogP contribution in [0.4, 0.5) is 8.78 Å². The molecule has 1 aromatic heterocycles. The van der Waals surface area contributed by atoms with E-state index in [2.05, 4.69) is 20.8 Å². The molecule has 0 saturated carbocycles. The van der Waals surface area contributed by atoms with Gasteiger partial charge in [-0.3, -0.25) is 0 Å². The van der Waals surface area contributed by atoms with Gasteiger partial charge >= 0.3 is 0 Å². The van der Waals surface area contributed by atoms with E-state index in [9.17, 15) is 8.78 Å². The van der Waals surface area contributed by atoms with Crippen LogP contribution in [0.5, 0.6) is 0 Å². The molecule has 1 heterocycles. The number of halogens is 2. The van der Waals surface area contributed by atoms with Gasteiger partial charge in [-0.25, -0.2) is 8.78 Å². The Balaban J connectivity index is 2.32. The van der Waals surface area contributed by atoms with E-state index in [0.29, 0.717) is 5.82 Å². The molecule has 0 radical (unpaired) electrons. The fourth-order valence-corrected chi connectivity index (χ4v) is 1.76. The quantitative estimate of drug-likeness (QED) is 0.900. The summed E-state index contributed by atoms with van der Waals surface area (Å²) in [5, 5.41) is 14.5. The Labute approximate surface area is 109 Å². The number of hydrogen-bond donors (Lipinski definition) is 1. The molecule has 0 amide bonds. The summed E-state index contributed by atoms with van der Waals surface area (Å²) >= 11 is 0. The van der Waals surface area contributed by atoms with Gasteiger partial charge in [0.1, 0.15) is 11.6 Å². The van der Waals surface area contributed by atoms with Crippen molar-refractivity contribution in [3.63, 3.8) is 0 Å². The number of benzene rings is 1. The first kappa shape index (κ1) is 13.5. The van der Waals surface area contributed by atoms with Crippen LogP contribution in [-0.2, 0) is 0 Å². The molecular weight excluding hydrogens is 252 g/mol. The van der Waals surface area contributed by atoms with Gasteiger partial charge in [0.2, 0.25) is 0 Å². The summed E-state index contributed by atoms with van der Waals surface area (Å²) in [6, 6.07) is 3.08. The SMILES string of the molecule is CCCNC(C)c1nnnn1-c1cc(F)cc(F)c1. The second-order valence-corrected chi connectivity index (χ2v) is 4.25. The highest BCUT2D eigenvalue weighted by Crippen LogP contribution is 2.16. The van der Waals surface area contributed by atoms with Gasteiger partial charge < -0.3 is 5.32 Å². The summed E-state index contributed by atoms with van der Waals surface area (Å²) in [4.78, 5) is 0. The average molecular weight is 267 g/mol. The molecule has 2 aromatic rings. The van der Waals surface area contributed by atoms with Crippen molar-refractivity contribution in [2.24, 2.45) is 0 Å². The predicted molar refractivity (Wildman–Crippen MR) is 65.8 cm³/mol. The van der Waals surface area contributed by atoms with Crippen LogP contribution in [0.25, 0.3) is 5.69 Å². The van der Waals surface area contributed by atoms with Gasteiger partial charge in [-0.15, -0.1) is 5.10 Å². The summed E-state index contributed by atoms with van der Waals surface area (Å²) in [6.07, 6.45) is 0.973. The molecule has 5 nitrogen and oxygen atoms in total. The second kappa shape index (κ2) is 5.83. The predicted octanol–water partition coefficient (Wildman–Crippen LogP) is 2.00. The minimum absolute atomic E-state index is 0.110. The molecule has 102 valence electrons. The first-order valence-electron chi connectivity index (χ1n) is 6.10. The number of aromatic nitrogens is 4. The van der Waals surface area contributed by atoms with Crippen molar-refractivity contribution in [2.75, 3.05) is 6.54 Å². The van der Waals surface area contributed by atoms with E-state index < -0.39 is 11.6 Å². The van der Waals surface area contributed by atoms with Crippen LogP contribution in [0.2, 0.25) is 0 Å². The minimum atomic E-state index is -0.661. The third kappa shape index (κ3) is 3.11. The molecule has 0 saturated heterocycles. The molecule has 0 bridgehead atoms. The summed E-state index contributed by atoms with van der Waals surface area (Å²) in [7, 11) is 0. The Morgan fingerprint density at radius 2 is 1.95 bits per heavy atom. The average Bonchev–Trinajstić information content (AvgIpc) is 2.84. The molecule has 1 atom stereocenters. The second-order valence-electron chi connectivity index (χ2n) is 4.25. The summed E-state index contributed by atoms with van der Waals surface area (Å²) in [6.45, 7) is 4.75. The van der Waals surface area contributed by atoms with Crippen molar-refractivity contribution in [1.29, 1.82) is 0 Å². The number of nitrogens with zero attached hydrogens (tertiary/aromatic N) is 4. The number of tetrazole rings is 1. The molecule has 0 aliphatic carbocycles. The zero-order chi connectivity index (χ0) is 13.8. The van der Waals surface area contributed by atoms with Gasteiger partial charge in [0.15, 0.2) is 5.82 Å². The van der Waals surface area contributed by atoms with Gasteiger partial charge in [0.25, 0.3) is 0 Å². The summed E-state index contributed by atoms with van der Waals surface area (Å²) in [5.41, 5.74) is 0.266. The Kier molecular flexibility index (Phi) is 4.16. The van der Waals surface area contributed by atoms with Crippen molar-refractivity contribution in [1.82, 2.24) is 25.5 Å². The molecule has 0 fully saturated rings. The molecule has 1 aromatic carbocycles. The van der Waals surface area contributed by atoms with Gasteiger partial charge in [0.05, 0.1) is 11.7 Å². The molecule has 0 aliphatic heterocycles. The normalized spacial score (nSPS) is 12.6. The van der Waals surface area contributed by atoms with Crippen LogP contribution in [0.3, 0.4) is 0 Å². The zero-order valence-corrected chi connectivity index (χ0v) is 10.8. The lowest BCUT2D eigenvalue weighted by Gasteiger charge is -2.12. The van der Waals surface area contributed by atoms with Gasteiger partial charge in [-0.1, -0.05) is 6.92 Å². The van der Waals surface area contributed by atoms with Crippen LogP contribution in [0, 0.1) is 11.6 Å². The van der Waals surface area contributed by atoms with E-state index in [-0.39, 0.29) is 11.7 Å². The first-order valence-corrected chi connectivity index (χ1v) is 6.10. The Morgan fingerprint density at radius 3 is 2.58 bits per heavy atom. The molecule has 7 heteroatoms. The van der Waals surface area contributed by atoms with Gasteiger partial charge in [-0.2, -0.15) is 4.68 Å². The molecule has 1 unspecified atom stereocenters. The monoisotopic (exact) mass is 267 g/mol. The van der Waals surface area contributed by atoms with Gasteiger partial charge in [-0.05, 0) is 42.4 Å². The minimum Gasteiger partial charge on any atom is -0.307 e. The lowest BCUT2D eigenvalue weighted by Crippen LogP contribution is -2.22. The fourth-order valence-electron chi connectivity index (χ4n) is 1.76. The van der Waals surface area contributed by atoms with Crippen LogP contribution in [0.15, 0.2) is 18.2 Å². The number of nitrogens with one attached hydrogen (secondary N) is 1. The van der Waals surface area contributed by atoms with Crippen molar-refractivity contribution < 1.29 is 8.78 Å². The van der Waals surface area contributed by atoms with E-state index in [0.717, 1.165) is 19.0 Å². The molecule has 2 rings (SSSR count). The van der Waals surface area contributed by atoms with Crippen LogP contribution < -0.4 is 5.32 Å². The van der Waals surface area contributed by atoms with Crippen molar-refractivity contribution in [3.05, 3.63) is 35.7 Å². The number of rotatable bonds is 5. The van der Waals surface area contributed by atoms with E-state index in [4.69, 9.17) is 0 Å². The maximum Gasteiger partial charge on any atom is 0.173 e. The maximum atomic E-state index is 13.2. The first-order chi connectivity index (χ1) is 9.11. The highest BCUT2D eigenvalue weighted by atomic mass is 19.1. The van der Waals surface area contributed by atoms with Crippen molar-refractivity contribution in [3.8, 4) is 5.69 Å². The lowest BCUT2D eigenvalue weighted by atomic mass is 10.2. The third-order valence-corrected chi connectivity index (χ3v) is 2.67. The molecule has 19 heavy (non-hydrogen) atoms.